The quantitative estimate of drug-likeness (QED) is 0.701. The summed E-state index contributed by atoms with van der Waals surface area (Å²) in [7, 11) is 0. The lowest BCUT2D eigenvalue weighted by Crippen LogP contribution is -2.35. The van der Waals surface area contributed by atoms with Crippen LogP contribution >= 0.6 is 11.6 Å². The molecule has 9 nitrogen and oxygen atoms in total. The number of nitrogens with zero attached hydrogens (tertiary/aromatic N) is 6. The zero-order valence-corrected chi connectivity index (χ0v) is 15.8. The fourth-order valence-corrected chi connectivity index (χ4v) is 2.72. The molecule has 1 aromatic heterocycles. The van der Waals surface area contributed by atoms with Gasteiger partial charge in [0.1, 0.15) is 5.71 Å². The average Bonchev–Trinajstić information content (AvgIpc) is 3.10. The highest BCUT2D eigenvalue weighted by atomic mass is 35.5. The Morgan fingerprint density at radius 3 is 2.89 bits per heavy atom. The molecule has 0 bridgehead atoms. The minimum atomic E-state index is -0.600. The summed E-state index contributed by atoms with van der Waals surface area (Å²) in [4.78, 5) is 24.6. The molecule has 0 atom stereocenters. The fourth-order valence-electron chi connectivity index (χ4n) is 2.54. The summed E-state index contributed by atoms with van der Waals surface area (Å²) in [5, 5.41) is 17.2. The molecular formula is C17H19ClN6O3. The van der Waals surface area contributed by atoms with Gasteiger partial charge in [-0.3, -0.25) is 4.79 Å². The Morgan fingerprint density at radius 1 is 1.33 bits per heavy atom. The maximum atomic E-state index is 12.4. The van der Waals surface area contributed by atoms with Crippen molar-refractivity contribution in [2.45, 2.75) is 46.3 Å². The Labute approximate surface area is 160 Å². The molecule has 0 saturated carbocycles. The molecule has 2 aromatic rings. The van der Waals surface area contributed by atoms with Crippen LogP contribution in [0.5, 0.6) is 0 Å². The monoisotopic (exact) mass is 390 g/mol. The number of aromatic nitrogens is 4. The molecule has 0 fully saturated rings. The smallest absolute Gasteiger partial charge is 0.354 e. The van der Waals surface area contributed by atoms with Crippen LogP contribution in [0.3, 0.4) is 0 Å². The SMILES string of the molecule is CCCn1nnnc1COC(=O)C1=NN(c2ccc(C)c(Cl)c2)C(=O)CC1. The number of amides is 1. The lowest BCUT2D eigenvalue weighted by molar-refractivity contribution is -0.137. The third kappa shape index (κ3) is 4.30. The Morgan fingerprint density at radius 2 is 2.15 bits per heavy atom. The zero-order chi connectivity index (χ0) is 19.4. The van der Waals surface area contributed by atoms with Crippen molar-refractivity contribution < 1.29 is 14.3 Å². The van der Waals surface area contributed by atoms with E-state index in [1.165, 1.54) is 5.01 Å². The van der Waals surface area contributed by atoms with Crippen LogP contribution in [0.4, 0.5) is 5.69 Å². The number of carbonyl (C=O) groups excluding carboxylic acids is 2. The summed E-state index contributed by atoms with van der Waals surface area (Å²) in [6, 6.07) is 5.17. The van der Waals surface area contributed by atoms with Crippen molar-refractivity contribution in [2.75, 3.05) is 5.01 Å². The predicted octanol–water partition coefficient (Wildman–Crippen LogP) is 2.27. The summed E-state index contributed by atoms with van der Waals surface area (Å²) in [5.41, 5.74) is 1.56. The topological polar surface area (TPSA) is 103 Å². The van der Waals surface area contributed by atoms with Crippen LogP contribution in [0.1, 0.15) is 37.6 Å². The average molecular weight is 391 g/mol. The van der Waals surface area contributed by atoms with Gasteiger partial charge < -0.3 is 4.74 Å². The Balaban J connectivity index is 1.73. The standard InChI is InChI=1S/C17H19ClN6O3/c1-3-8-23-15(19-21-22-23)10-27-17(26)14-6-7-16(25)24(20-14)12-5-4-11(2)13(18)9-12/h4-5,9H,3,6-8,10H2,1-2H3. The largest absolute Gasteiger partial charge is 0.453 e. The normalized spacial score (nSPS) is 14.3. The highest BCUT2D eigenvalue weighted by Crippen LogP contribution is 2.26. The maximum Gasteiger partial charge on any atom is 0.354 e. The molecule has 1 aliphatic rings. The number of ether oxygens (including phenoxy) is 1. The van der Waals surface area contributed by atoms with E-state index in [-0.39, 0.29) is 31.1 Å². The summed E-state index contributed by atoms with van der Waals surface area (Å²) in [6.45, 7) is 4.44. The van der Waals surface area contributed by atoms with Crippen LogP contribution in [0.2, 0.25) is 5.02 Å². The minimum Gasteiger partial charge on any atom is -0.453 e. The van der Waals surface area contributed by atoms with Gasteiger partial charge in [0.2, 0.25) is 5.91 Å². The lowest BCUT2D eigenvalue weighted by atomic mass is 10.1. The molecule has 0 N–H and O–H groups in total. The van der Waals surface area contributed by atoms with Gasteiger partial charge in [-0.25, -0.2) is 14.5 Å². The van der Waals surface area contributed by atoms with E-state index in [1.807, 2.05) is 13.8 Å². The van der Waals surface area contributed by atoms with Crippen LogP contribution in [0.25, 0.3) is 0 Å². The molecule has 0 unspecified atom stereocenters. The van der Waals surface area contributed by atoms with E-state index in [2.05, 4.69) is 20.6 Å². The van der Waals surface area contributed by atoms with Gasteiger partial charge in [-0.1, -0.05) is 24.6 Å². The third-order valence-corrected chi connectivity index (χ3v) is 4.45. The van der Waals surface area contributed by atoms with Crippen molar-refractivity contribution in [3.05, 3.63) is 34.6 Å². The zero-order valence-electron chi connectivity index (χ0n) is 15.1. The first-order chi connectivity index (χ1) is 13.0. The van der Waals surface area contributed by atoms with Gasteiger partial charge in [0.05, 0.1) is 5.69 Å². The van der Waals surface area contributed by atoms with Crippen molar-refractivity contribution in [1.82, 2.24) is 20.2 Å². The number of hydrogen-bond acceptors (Lipinski definition) is 7. The number of hydrogen-bond donors (Lipinski definition) is 0. The number of anilines is 1. The minimum absolute atomic E-state index is 0.0604. The molecule has 0 radical (unpaired) electrons. The highest BCUT2D eigenvalue weighted by molar-refractivity contribution is 6.38. The van der Waals surface area contributed by atoms with E-state index in [0.29, 0.717) is 23.1 Å². The molecular weight excluding hydrogens is 372 g/mol. The van der Waals surface area contributed by atoms with Gasteiger partial charge in [-0.15, -0.1) is 5.10 Å². The first kappa shape index (κ1) is 19.0. The molecule has 0 spiro atoms. The molecule has 1 aliphatic heterocycles. The summed E-state index contributed by atoms with van der Waals surface area (Å²) in [5.74, 6) is -0.352. The van der Waals surface area contributed by atoms with Crippen molar-refractivity contribution in [3.8, 4) is 0 Å². The van der Waals surface area contributed by atoms with Crippen LogP contribution < -0.4 is 5.01 Å². The second-order valence-corrected chi connectivity index (χ2v) is 6.49. The van der Waals surface area contributed by atoms with Gasteiger partial charge >= 0.3 is 5.97 Å². The molecule has 3 rings (SSSR count). The summed E-state index contributed by atoms with van der Waals surface area (Å²) < 4.78 is 6.86. The molecule has 142 valence electrons. The summed E-state index contributed by atoms with van der Waals surface area (Å²) >= 11 is 6.13. The van der Waals surface area contributed by atoms with Crippen molar-refractivity contribution in [1.29, 1.82) is 0 Å². The van der Waals surface area contributed by atoms with Crippen LogP contribution in [0.15, 0.2) is 23.3 Å². The van der Waals surface area contributed by atoms with E-state index in [0.717, 1.165) is 12.0 Å². The molecule has 2 heterocycles. The first-order valence-corrected chi connectivity index (χ1v) is 8.96. The Bertz CT molecular complexity index is 895. The first-order valence-electron chi connectivity index (χ1n) is 8.58. The van der Waals surface area contributed by atoms with E-state index in [4.69, 9.17) is 16.3 Å². The number of benzene rings is 1. The van der Waals surface area contributed by atoms with E-state index < -0.39 is 5.97 Å². The lowest BCUT2D eigenvalue weighted by Gasteiger charge is -2.23. The molecule has 0 aliphatic carbocycles. The van der Waals surface area contributed by atoms with Gasteiger partial charge in [-0.05, 0) is 41.5 Å². The van der Waals surface area contributed by atoms with Crippen molar-refractivity contribution >= 4 is 34.9 Å². The number of tetrazole rings is 1. The number of aryl methyl sites for hydroxylation is 2. The van der Waals surface area contributed by atoms with Crippen molar-refractivity contribution in [3.63, 3.8) is 0 Å². The van der Waals surface area contributed by atoms with Crippen LogP contribution in [0, 0.1) is 6.92 Å². The van der Waals surface area contributed by atoms with Gasteiger partial charge in [0, 0.05) is 24.4 Å². The second-order valence-electron chi connectivity index (χ2n) is 6.08. The van der Waals surface area contributed by atoms with Crippen LogP contribution in [-0.2, 0) is 27.5 Å². The summed E-state index contributed by atoms with van der Waals surface area (Å²) in [6.07, 6.45) is 1.23. The molecule has 1 amide bonds. The van der Waals surface area contributed by atoms with Crippen molar-refractivity contribution in [2.24, 2.45) is 5.10 Å². The maximum absolute atomic E-state index is 12.4. The second kappa shape index (κ2) is 8.26. The van der Waals surface area contributed by atoms with E-state index >= 15 is 0 Å². The number of esters is 1. The number of hydrazone groups is 1. The van der Waals surface area contributed by atoms with Gasteiger partial charge in [0.25, 0.3) is 0 Å². The van der Waals surface area contributed by atoms with E-state index in [1.54, 1.807) is 22.9 Å². The fraction of sp³-hybridized carbons (Fsp3) is 0.412. The number of carbonyl (C=O) groups is 2. The highest BCUT2D eigenvalue weighted by Gasteiger charge is 2.27. The number of rotatable bonds is 6. The molecule has 10 heteroatoms. The van der Waals surface area contributed by atoms with Gasteiger partial charge in [0.15, 0.2) is 12.4 Å². The van der Waals surface area contributed by atoms with E-state index in [9.17, 15) is 9.59 Å². The predicted molar refractivity (Wildman–Crippen MR) is 98.2 cm³/mol. The number of halogens is 1. The molecule has 0 saturated heterocycles. The van der Waals surface area contributed by atoms with Crippen LogP contribution in [-0.4, -0.2) is 37.8 Å². The molecule has 27 heavy (non-hydrogen) atoms. The Kier molecular flexibility index (Phi) is 5.80. The Hall–Kier alpha value is -2.81. The third-order valence-electron chi connectivity index (χ3n) is 4.04. The molecule has 1 aromatic carbocycles. The van der Waals surface area contributed by atoms with Gasteiger partial charge in [-0.2, -0.15) is 5.10 Å².